The Hall–Kier alpha value is -1.38. The second-order valence-electron chi connectivity index (χ2n) is 3.69. The lowest BCUT2D eigenvalue weighted by Gasteiger charge is -2.16. The molecular weight excluding hydrogens is 317 g/mol. The lowest BCUT2D eigenvalue weighted by Crippen LogP contribution is -2.33. The van der Waals surface area contributed by atoms with Gasteiger partial charge in [0.1, 0.15) is 5.69 Å². The van der Waals surface area contributed by atoms with Gasteiger partial charge in [-0.15, -0.1) is 23.7 Å². The Morgan fingerprint density at radius 2 is 2.16 bits per heavy atom. The Balaban J connectivity index is 0.00000324. The van der Waals surface area contributed by atoms with Crippen LogP contribution in [0.15, 0.2) is 10.5 Å². The van der Waals surface area contributed by atoms with Crippen LogP contribution in [0.5, 0.6) is 0 Å². The number of oxime groups is 1. The van der Waals surface area contributed by atoms with E-state index in [9.17, 15) is 9.59 Å². The van der Waals surface area contributed by atoms with E-state index in [1.54, 1.807) is 0 Å². The largest absolute Gasteiger partial charge is 0.478 e. The number of rotatable bonds is 5. The number of hydrogen-bond donors (Lipinski definition) is 2. The van der Waals surface area contributed by atoms with Crippen molar-refractivity contribution in [1.29, 1.82) is 0 Å². The van der Waals surface area contributed by atoms with Crippen LogP contribution in [0.2, 0.25) is 0 Å². The summed E-state index contributed by atoms with van der Waals surface area (Å²) in [5.41, 5.74) is 3.67. The van der Waals surface area contributed by atoms with Crippen LogP contribution in [0.25, 0.3) is 0 Å². The number of halogens is 2. The van der Waals surface area contributed by atoms with Gasteiger partial charge in [-0.3, -0.25) is 4.79 Å². The molecule has 0 amide bonds. The van der Waals surface area contributed by atoms with Crippen LogP contribution in [0.3, 0.4) is 0 Å². The molecule has 0 radical (unpaired) electrons. The van der Waals surface area contributed by atoms with E-state index in [1.807, 2.05) is 0 Å². The van der Waals surface area contributed by atoms with Crippen LogP contribution in [-0.4, -0.2) is 32.6 Å². The molecule has 0 saturated carbocycles. The van der Waals surface area contributed by atoms with Crippen LogP contribution in [-0.2, 0) is 14.4 Å². The highest BCUT2D eigenvalue weighted by atomic mass is 35.5. The zero-order valence-corrected chi connectivity index (χ0v) is 12.3. The van der Waals surface area contributed by atoms with E-state index in [1.165, 1.54) is 19.2 Å². The average molecular weight is 328 g/mol. The quantitative estimate of drug-likeness (QED) is 0.481. The van der Waals surface area contributed by atoms with Gasteiger partial charge in [-0.2, -0.15) is 0 Å². The van der Waals surface area contributed by atoms with Crippen molar-refractivity contribution in [2.75, 3.05) is 5.73 Å². The summed E-state index contributed by atoms with van der Waals surface area (Å²) in [6, 6.07) is 0. The van der Waals surface area contributed by atoms with Gasteiger partial charge in [-0.25, -0.2) is 9.78 Å². The maximum atomic E-state index is 11.2. The molecule has 0 atom stereocenters. The van der Waals surface area contributed by atoms with Gasteiger partial charge in [0.15, 0.2) is 10.8 Å². The van der Waals surface area contributed by atoms with Gasteiger partial charge in [-0.05, 0) is 25.4 Å². The van der Waals surface area contributed by atoms with Gasteiger partial charge in [0.2, 0.25) is 5.60 Å². The third-order valence-corrected chi connectivity index (χ3v) is 2.68. The van der Waals surface area contributed by atoms with Crippen molar-refractivity contribution in [3.8, 4) is 0 Å². The Morgan fingerprint density at radius 3 is 2.53 bits per heavy atom. The second-order valence-corrected chi connectivity index (χ2v) is 4.92. The minimum atomic E-state index is -1.58. The Bertz CT molecular complexity index is 515. The lowest BCUT2D eigenvalue weighted by molar-refractivity contribution is -0.161. The standard InChI is InChI=1S/C9H10ClN3O4S.ClH/c1-9(2,7(15)16)17-13-5(6(10)14)4-3-18-8(11)12-4;/h3H,1-2H3,(H2,11,12)(H,15,16);1H/b13-5-;. The molecule has 0 aliphatic carbocycles. The van der Waals surface area contributed by atoms with E-state index in [0.29, 0.717) is 0 Å². The molecule has 0 fully saturated rings. The zero-order chi connectivity index (χ0) is 13.9. The summed E-state index contributed by atoms with van der Waals surface area (Å²) in [5, 5.41) is 13.0. The first-order chi connectivity index (χ1) is 8.24. The molecular formula is C9H11Cl2N3O4S. The number of carbonyl (C=O) groups is 2. The van der Waals surface area contributed by atoms with E-state index < -0.39 is 16.8 Å². The molecule has 19 heavy (non-hydrogen) atoms. The normalized spacial score (nSPS) is 11.6. The Morgan fingerprint density at radius 1 is 1.58 bits per heavy atom. The summed E-state index contributed by atoms with van der Waals surface area (Å²) in [7, 11) is 0. The predicted octanol–water partition coefficient (Wildman–Crippen LogP) is 1.50. The van der Waals surface area contributed by atoms with Crippen molar-refractivity contribution < 1.29 is 19.5 Å². The first-order valence-corrected chi connectivity index (χ1v) is 5.90. The average Bonchev–Trinajstić information content (AvgIpc) is 2.64. The monoisotopic (exact) mass is 327 g/mol. The Kier molecular flexibility index (Phi) is 6.20. The molecule has 0 unspecified atom stereocenters. The van der Waals surface area contributed by atoms with Crippen molar-refractivity contribution >= 4 is 57.4 Å². The summed E-state index contributed by atoms with van der Waals surface area (Å²) in [6.07, 6.45) is 0. The number of nitrogen functional groups attached to an aromatic ring is 1. The van der Waals surface area contributed by atoms with Crippen LogP contribution in [0.1, 0.15) is 19.5 Å². The van der Waals surface area contributed by atoms with Crippen LogP contribution < -0.4 is 5.73 Å². The van der Waals surface area contributed by atoms with Crippen molar-refractivity contribution in [3.05, 3.63) is 11.1 Å². The molecule has 0 aromatic carbocycles. The van der Waals surface area contributed by atoms with E-state index in [4.69, 9.17) is 27.3 Å². The number of carbonyl (C=O) groups excluding carboxylic acids is 1. The molecule has 0 spiro atoms. The number of carboxylic acids is 1. The molecule has 0 bridgehead atoms. The van der Waals surface area contributed by atoms with Gasteiger partial charge < -0.3 is 15.7 Å². The maximum absolute atomic E-state index is 11.2. The van der Waals surface area contributed by atoms with Crippen molar-refractivity contribution in [2.45, 2.75) is 19.4 Å². The SMILES string of the molecule is CC(C)(O/N=C(\C(=O)Cl)c1csc(N)n1)C(=O)O.Cl. The smallest absolute Gasteiger partial charge is 0.350 e. The number of carboxylic acid groups (broad SMARTS) is 1. The van der Waals surface area contributed by atoms with Crippen LogP contribution in [0, 0.1) is 0 Å². The molecule has 1 heterocycles. The van der Waals surface area contributed by atoms with Crippen molar-refractivity contribution in [1.82, 2.24) is 4.98 Å². The van der Waals surface area contributed by atoms with Crippen molar-refractivity contribution in [2.24, 2.45) is 5.16 Å². The molecule has 7 nitrogen and oxygen atoms in total. The third kappa shape index (κ3) is 4.66. The highest BCUT2D eigenvalue weighted by Gasteiger charge is 2.30. The topological polar surface area (TPSA) is 115 Å². The molecule has 3 N–H and O–H groups in total. The Labute approximate surface area is 123 Å². The number of nitrogens with two attached hydrogens (primary N) is 1. The highest BCUT2D eigenvalue weighted by Crippen LogP contribution is 2.15. The third-order valence-electron chi connectivity index (χ3n) is 1.83. The van der Waals surface area contributed by atoms with Crippen LogP contribution >= 0.6 is 35.3 Å². The molecule has 1 aromatic rings. The first kappa shape index (κ1) is 17.6. The zero-order valence-electron chi connectivity index (χ0n) is 9.92. The number of thiazole rings is 1. The predicted molar refractivity (Wildman–Crippen MR) is 74.0 cm³/mol. The molecule has 1 aromatic heterocycles. The second kappa shape index (κ2) is 6.69. The fourth-order valence-electron chi connectivity index (χ4n) is 0.779. The fraction of sp³-hybridized carbons (Fsp3) is 0.333. The summed E-state index contributed by atoms with van der Waals surface area (Å²) >= 11 is 6.42. The maximum Gasteiger partial charge on any atom is 0.350 e. The number of aromatic nitrogens is 1. The van der Waals surface area contributed by atoms with Crippen LogP contribution in [0.4, 0.5) is 5.13 Å². The number of aliphatic carboxylic acids is 1. The number of anilines is 1. The van der Waals surface area contributed by atoms with Gasteiger partial charge in [0, 0.05) is 5.38 Å². The molecule has 0 saturated heterocycles. The summed E-state index contributed by atoms with van der Waals surface area (Å²) in [6.45, 7) is 2.56. The van der Waals surface area contributed by atoms with Gasteiger partial charge in [-0.1, -0.05) is 5.16 Å². The number of nitrogens with zero attached hydrogens (tertiary/aromatic N) is 2. The minimum absolute atomic E-state index is 0. The van der Waals surface area contributed by atoms with E-state index >= 15 is 0 Å². The molecule has 10 heteroatoms. The van der Waals surface area contributed by atoms with E-state index in [0.717, 1.165) is 11.3 Å². The lowest BCUT2D eigenvalue weighted by atomic mass is 10.1. The van der Waals surface area contributed by atoms with Gasteiger partial charge in [0.05, 0.1) is 0 Å². The minimum Gasteiger partial charge on any atom is -0.478 e. The van der Waals surface area contributed by atoms with Crippen molar-refractivity contribution in [3.63, 3.8) is 0 Å². The van der Waals surface area contributed by atoms with E-state index in [-0.39, 0.29) is 28.9 Å². The highest BCUT2D eigenvalue weighted by molar-refractivity contribution is 7.13. The van der Waals surface area contributed by atoms with Gasteiger partial charge in [0.25, 0.3) is 5.24 Å². The number of hydrogen-bond acceptors (Lipinski definition) is 7. The van der Waals surface area contributed by atoms with E-state index in [2.05, 4.69) is 10.1 Å². The van der Waals surface area contributed by atoms with Gasteiger partial charge >= 0.3 is 5.97 Å². The molecule has 0 aliphatic rings. The summed E-state index contributed by atoms with van der Waals surface area (Å²) < 4.78 is 0. The molecule has 1 rings (SSSR count). The summed E-state index contributed by atoms with van der Waals surface area (Å²) in [4.78, 5) is 30.6. The molecule has 106 valence electrons. The fourth-order valence-corrected chi connectivity index (χ4v) is 1.46. The molecule has 0 aliphatic heterocycles. The summed E-state index contributed by atoms with van der Waals surface area (Å²) in [5.74, 6) is -1.23. The first-order valence-electron chi connectivity index (χ1n) is 4.65.